The third-order valence-corrected chi connectivity index (χ3v) is 5.62. The summed E-state index contributed by atoms with van der Waals surface area (Å²) in [5.74, 6) is 0.272. The lowest BCUT2D eigenvalue weighted by molar-refractivity contribution is 0.355. The van der Waals surface area contributed by atoms with Gasteiger partial charge in [-0.2, -0.15) is 0 Å². The molecule has 18 heavy (non-hydrogen) atoms. The molecule has 0 radical (unpaired) electrons. The highest BCUT2D eigenvalue weighted by Gasteiger charge is 2.25. The molecule has 0 aliphatic carbocycles. The molecular formula is C12H17NO3S2. The molecule has 1 aromatic carbocycles. The molecule has 2 rings (SSSR count). The number of phenolic OH excluding ortho intramolecular Hbond substituents is 1. The van der Waals surface area contributed by atoms with Crippen molar-refractivity contribution < 1.29 is 13.5 Å². The fourth-order valence-electron chi connectivity index (χ4n) is 2.03. The number of sulfonamides is 1. The van der Waals surface area contributed by atoms with Crippen LogP contribution in [0.15, 0.2) is 29.2 Å². The fourth-order valence-corrected chi connectivity index (χ4v) is 4.08. The van der Waals surface area contributed by atoms with Crippen molar-refractivity contribution >= 4 is 21.8 Å². The SMILES string of the molecule is CS(=O)(=O)N1CCC(Sc2cccc(O)c2)CC1. The third-order valence-electron chi connectivity index (χ3n) is 2.99. The summed E-state index contributed by atoms with van der Waals surface area (Å²) in [7, 11) is -3.04. The van der Waals surface area contributed by atoms with Gasteiger partial charge in [-0.05, 0) is 31.0 Å². The molecule has 0 bridgehead atoms. The molecule has 4 nitrogen and oxygen atoms in total. The van der Waals surface area contributed by atoms with Gasteiger partial charge in [-0.15, -0.1) is 11.8 Å². The van der Waals surface area contributed by atoms with Crippen molar-refractivity contribution in [2.75, 3.05) is 19.3 Å². The van der Waals surface area contributed by atoms with Crippen LogP contribution in [0.2, 0.25) is 0 Å². The molecule has 1 N–H and O–H groups in total. The van der Waals surface area contributed by atoms with Gasteiger partial charge < -0.3 is 5.11 Å². The van der Waals surface area contributed by atoms with Gasteiger partial charge in [0.2, 0.25) is 10.0 Å². The van der Waals surface area contributed by atoms with Crippen molar-refractivity contribution in [3.8, 4) is 5.75 Å². The van der Waals surface area contributed by atoms with Crippen molar-refractivity contribution in [2.24, 2.45) is 0 Å². The van der Waals surface area contributed by atoms with Crippen LogP contribution in [-0.4, -0.2) is 42.4 Å². The minimum atomic E-state index is -3.04. The van der Waals surface area contributed by atoms with E-state index in [1.165, 1.54) is 10.6 Å². The van der Waals surface area contributed by atoms with Crippen molar-refractivity contribution in [1.29, 1.82) is 0 Å². The molecule has 100 valence electrons. The van der Waals surface area contributed by atoms with Gasteiger partial charge in [0.25, 0.3) is 0 Å². The van der Waals surface area contributed by atoms with E-state index in [1.807, 2.05) is 12.1 Å². The summed E-state index contributed by atoms with van der Waals surface area (Å²) in [4.78, 5) is 1.04. The summed E-state index contributed by atoms with van der Waals surface area (Å²) in [6.07, 6.45) is 2.97. The number of piperidine rings is 1. The Kier molecular flexibility index (Phi) is 4.19. The first-order valence-corrected chi connectivity index (χ1v) is 8.59. The van der Waals surface area contributed by atoms with Crippen LogP contribution < -0.4 is 0 Å². The number of hydrogen-bond acceptors (Lipinski definition) is 4. The van der Waals surface area contributed by atoms with Crippen LogP contribution in [0.25, 0.3) is 0 Å². The Morgan fingerprint density at radius 2 is 2.00 bits per heavy atom. The number of benzene rings is 1. The number of aromatic hydroxyl groups is 1. The Morgan fingerprint density at radius 1 is 1.33 bits per heavy atom. The standard InChI is InChI=1S/C12H17NO3S2/c1-18(15,16)13-7-5-11(6-8-13)17-12-4-2-3-10(14)9-12/h2-4,9,11,14H,5-8H2,1H3. The lowest BCUT2D eigenvalue weighted by Gasteiger charge is -2.29. The van der Waals surface area contributed by atoms with Gasteiger partial charge in [0.1, 0.15) is 5.75 Å². The molecule has 1 heterocycles. The predicted octanol–water partition coefficient (Wildman–Crippen LogP) is 1.91. The molecule has 0 saturated carbocycles. The smallest absolute Gasteiger partial charge is 0.211 e. The van der Waals surface area contributed by atoms with E-state index in [-0.39, 0.29) is 5.75 Å². The first-order valence-electron chi connectivity index (χ1n) is 5.86. The van der Waals surface area contributed by atoms with Crippen LogP contribution in [0.3, 0.4) is 0 Å². The van der Waals surface area contributed by atoms with E-state index in [9.17, 15) is 13.5 Å². The Hall–Kier alpha value is -0.720. The molecule has 1 aliphatic heterocycles. The molecule has 0 aromatic heterocycles. The maximum absolute atomic E-state index is 11.4. The number of phenols is 1. The molecule has 0 unspecified atom stereocenters. The predicted molar refractivity (Wildman–Crippen MR) is 73.4 cm³/mol. The molecule has 1 aromatic rings. The van der Waals surface area contributed by atoms with E-state index in [2.05, 4.69) is 0 Å². The van der Waals surface area contributed by atoms with Crippen LogP contribution in [0.1, 0.15) is 12.8 Å². The van der Waals surface area contributed by atoms with Crippen LogP contribution in [0, 0.1) is 0 Å². The number of nitrogens with zero attached hydrogens (tertiary/aromatic N) is 1. The highest BCUT2D eigenvalue weighted by molar-refractivity contribution is 8.00. The molecular weight excluding hydrogens is 270 g/mol. The third kappa shape index (κ3) is 3.63. The van der Waals surface area contributed by atoms with E-state index in [0.717, 1.165) is 17.7 Å². The summed E-state index contributed by atoms with van der Waals surface area (Å²) in [6.45, 7) is 1.19. The average Bonchev–Trinajstić information content (AvgIpc) is 2.28. The zero-order valence-electron chi connectivity index (χ0n) is 10.2. The van der Waals surface area contributed by atoms with Crippen molar-refractivity contribution in [1.82, 2.24) is 4.31 Å². The van der Waals surface area contributed by atoms with Gasteiger partial charge >= 0.3 is 0 Å². The van der Waals surface area contributed by atoms with Crippen molar-refractivity contribution in [2.45, 2.75) is 23.0 Å². The zero-order valence-corrected chi connectivity index (χ0v) is 11.9. The van der Waals surface area contributed by atoms with E-state index in [0.29, 0.717) is 18.3 Å². The molecule has 0 spiro atoms. The first-order chi connectivity index (χ1) is 8.45. The molecule has 1 fully saturated rings. The fraction of sp³-hybridized carbons (Fsp3) is 0.500. The van der Waals surface area contributed by atoms with Crippen LogP contribution in [0.4, 0.5) is 0 Å². The van der Waals surface area contributed by atoms with E-state index in [1.54, 1.807) is 23.9 Å². The Balaban J connectivity index is 1.91. The second kappa shape index (κ2) is 5.50. The first kappa shape index (κ1) is 13.7. The Morgan fingerprint density at radius 3 is 2.56 bits per heavy atom. The van der Waals surface area contributed by atoms with Gasteiger partial charge in [0.05, 0.1) is 6.26 Å². The van der Waals surface area contributed by atoms with Gasteiger partial charge in [0, 0.05) is 23.2 Å². The summed E-state index contributed by atoms with van der Waals surface area (Å²) in [6, 6.07) is 7.18. The topological polar surface area (TPSA) is 57.6 Å². The largest absolute Gasteiger partial charge is 0.508 e. The summed E-state index contributed by atoms with van der Waals surface area (Å²) in [5.41, 5.74) is 0. The number of rotatable bonds is 3. The lowest BCUT2D eigenvalue weighted by atomic mass is 10.2. The van der Waals surface area contributed by atoms with Crippen LogP contribution in [0.5, 0.6) is 5.75 Å². The van der Waals surface area contributed by atoms with E-state index in [4.69, 9.17) is 0 Å². The van der Waals surface area contributed by atoms with Crippen molar-refractivity contribution in [3.63, 3.8) is 0 Å². The summed E-state index contributed by atoms with van der Waals surface area (Å²) < 4.78 is 24.3. The second-order valence-electron chi connectivity index (χ2n) is 4.48. The minimum absolute atomic E-state index is 0.272. The molecule has 0 amide bonds. The molecule has 6 heteroatoms. The van der Waals surface area contributed by atoms with Crippen molar-refractivity contribution in [3.05, 3.63) is 24.3 Å². The van der Waals surface area contributed by atoms with Gasteiger partial charge in [-0.25, -0.2) is 12.7 Å². The Bertz CT molecular complexity index is 508. The maximum Gasteiger partial charge on any atom is 0.211 e. The number of hydrogen-bond donors (Lipinski definition) is 1. The Labute approximate surface area is 112 Å². The van der Waals surface area contributed by atoms with Gasteiger partial charge in [0.15, 0.2) is 0 Å². The molecule has 1 saturated heterocycles. The molecule has 1 aliphatic rings. The maximum atomic E-state index is 11.4. The highest BCUT2D eigenvalue weighted by atomic mass is 32.2. The second-order valence-corrected chi connectivity index (χ2v) is 7.83. The van der Waals surface area contributed by atoms with E-state index >= 15 is 0 Å². The summed E-state index contributed by atoms with van der Waals surface area (Å²) in [5, 5.41) is 9.81. The van der Waals surface area contributed by atoms with E-state index < -0.39 is 10.0 Å². The zero-order chi connectivity index (χ0) is 13.2. The van der Waals surface area contributed by atoms with Crippen LogP contribution >= 0.6 is 11.8 Å². The summed E-state index contributed by atoms with van der Waals surface area (Å²) >= 11 is 1.71. The van der Waals surface area contributed by atoms with Crippen LogP contribution in [-0.2, 0) is 10.0 Å². The molecule has 0 atom stereocenters. The monoisotopic (exact) mass is 287 g/mol. The quantitative estimate of drug-likeness (QED) is 0.922. The average molecular weight is 287 g/mol. The highest BCUT2D eigenvalue weighted by Crippen LogP contribution is 2.32. The number of thioether (sulfide) groups is 1. The lowest BCUT2D eigenvalue weighted by Crippen LogP contribution is -2.38. The van der Waals surface area contributed by atoms with Gasteiger partial charge in [-0.1, -0.05) is 6.07 Å². The normalized spacial score (nSPS) is 18.9. The minimum Gasteiger partial charge on any atom is -0.508 e. The van der Waals surface area contributed by atoms with Gasteiger partial charge in [-0.3, -0.25) is 0 Å².